The van der Waals surface area contributed by atoms with Gasteiger partial charge in [0.15, 0.2) is 5.58 Å². The van der Waals surface area contributed by atoms with Crippen molar-refractivity contribution in [1.82, 2.24) is 0 Å². The van der Waals surface area contributed by atoms with Crippen LogP contribution in [0.2, 0.25) is 0 Å². The van der Waals surface area contributed by atoms with Crippen LogP contribution in [-0.2, 0) is 0 Å². The lowest BCUT2D eigenvalue weighted by Gasteiger charge is -2.27. The molecule has 0 bridgehead atoms. The molecule has 10 rings (SSSR count). The monoisotopic (exact) mass is 637 g/mol. The summed E-state index contributed by atoms with van der Waals surface area (Å²) in [6.45, 7) is 0. The summed E-state index contributed by atoms with van der Waals surface area (Å²) in [5, 5.41) is 9.50. The summed E-state index contributed by atoms with van der Waals surface area (Å²) >= 11 is 0. The lowest BCUT2D eigenvalue weighted by atomic mass is 9.91. The number of benzene rings is 9. The van der Waals surface area contributed by atoms with Gasteiger partial charge < -0.3 is 9.32 Å². The average Bonchev–Trinajstić information content (AvgIpc) is 3.58. The Morgan fingerprint density at radius 2 is 0.940 bits per heavy atom. The van der Waals surface area contributed by atoms with Crippen LogP contribution >= 0.6 is 0 Å². The van der Waals surface area contributed by atoms with E-state index < -0.39 is 0 Å². The lowest BCUT2D eigenvalue weighted by molar-refractivity contribution is 0.669. The van der Waals surface area contributed by atoms with E-state index in [4.69, 9.17) is 4.42 Å². The Bertz CT molecular complexity index is 2870. The largest absolute Gasteiger partial charge is 0.454 e. The van der Waals surface area contributed by atoms with Gasteiger partial charge in [0.2, 0.25) is 0 Å². The first-order valence-electron chi connectivity index (χ1n) is 17.1. The highest BCUT2D eigenvalue weighted by Crippen LogP contribution is 2.46. The molecule has 0 aliphatic heterocycles. The molecule has 0 radical (unpaired) electrons. The van der Waals surface area contributed by atoms with Crippen molar-refractivity contribution < 1.29 is 4.42 Å². The normalized spacial score (nSPS) is 11.6. The van der Waals surface area contributed by atoms with Gasteiger partial charge in [0.1, 0.15) is 5.58 Å². The van der Waals surface area contributed by atoms with Gasteiger partial charge in [-0.05, 0) is 79.5 Å². The Labute approximate surface area is 290 Å². The molecule has 1 aromatic heterocycles. The number of para-hydroxylation sites is 1. The molecule has 0 unspecified atom stereocenters. The quantitative estimate of drug-likeness (QED) is 0.187. The first-order valence-corrected chi connectivity index (χ1v) is 17.1. The SMILES string of the molecule is c1ccc(-c2cccc3cccc(-c4cccc(N(c5cccc6ccccc56)c5cccc6c5oc5ccc7ccccc7c56)c4)c23)cc1. The van der Waals surface area contributed by atoms with Gasteiger partial charge in [-0.2, -0.15) is 0 Å². The number of rotatable bonds is 5. The molecule has 2 nitrogen and oxygen atoms in total. The summed E-state index contributed by atoms with van der Waals surface area (Å²) in [6, 6.07) is 67.4. The van der Waals surface area contributed by atoms with Crippen LogP contribution < -0.4 is 4.90 Å². The van der Waals surface area contributed by atoms with Crippen molar-refractivity contribution in [2.45, 2.75) is 0 Å². The zero-order valence-corrected chi connectivity index (χ0v) is 27.3. The second-order valence-electron chi connectivity index (χ2n) is 12.9. The van der Waals surface area contributed by atoms with Crippen LogP contribution in [0.3, 0.4) is 0 Å². The number of furan rings is 1. The summed E-state index contributed by atoms with van der Waals surface area (Å²) in [6.07, 6.45) is 0. The third-order valence-corrected chi connectivity index (χ3v) is 10.0. The Balaban J connectivity index is 1.24. The Kier molecular flexibility index (Phi) is 6.53. The molecule has 0 spiro atoms. The van der Waals surface area contributed by atoms with Crippen LogP contribution in [0.5, 0.6) is 0 Å². The summed E-state index contributed by atoms with van der Waals surface area (Å²) < 4.78 is 6.82. The summed E-state index contributed by atoms with van der Waals surface area (Å²) in [7, 11) is 0. The van der Waals surface area contributed by atoms with Crippen LogP contribution in [0.4, 0.5) is 17.1 Å². The zero-order chi connectivity index (χ0) is 33.0. The van der Waals surface area contributed by atoms with Crippen LogP contribution in [0.25, 0.3) is 76.5 Å². The molecule has 1 heterocycles. The smallest absolute Gasteiger partial charge is 0.159 e. The predicted octanol–water partition coefficient (Wildman–Crippen LogP) is 13.8. The van der Waals surface area contributed by atoms with E-state index >= 15 is 0 Å². The standard InChI is InChI=1S/C48H31NO/c1-2-13-33(14-3-1)39-24-9-18-35-19-10-25-41(46(35)39)36-20-8-21-37(31-36)49(43-27-11-17-32-15-4-6-22-38(32)43)44-28-12-26-42-47-40-23-7-5-16-34(40)29-30-45(47)50-48(42)44/h1-31H. The summed E-state index contributed by atoms with van der Waals surface area (Å²) in [5.74, 6) is 0. The first kappa shape index (κ1) is 28.4. The Morgan fingerprint density at radius 3 is 1.78 bits per heavy atom. The molecule has 234 valence electrons. The van der Waals surface area contributed by atoms with E-state index in [0.29, 0.717) is 0 Å². The molecule has 50 heavy (non-hydrogen) atoms. The molecule has 0 aliphatic carbocycles. The minimum atomic E-state index is 0.869. The average molecular weight is 638 g/mol. The fourth-order valence-electron chi connectivity index (χ4n) is 7.79. The second kappa shape index (κ2) is 11.5. The zero-order valence-electron chi connectivity index (χ0n) is 27.3. The predicted molar refractivity (Wildman–Crippen MR) is 212 cm³/mol. The van der Waals surface area contributed by atoms with Crippen molar-refractivity contribution >= 4 is 71.3 Å². The molecule has 0 saturated carbocycles. The van der Waals surface area contributed by atoms with E-state index in [2.05, 4.69) is 193 Å². The van der Waals surface area contributed by atoms with Gasteiger partial charge in [-0.25, -0.2) is 0 Å². The van der Waals surface area contributed by atoms with Gasteiger partial charge >= 0.3 is 0 Å². The molecule has 10 aromatic rings. The van der Waals surface area contributed by atoms with E-state index in [9.17, 15) is 0 Å². The molecule has 0 N–H and O–H groups in total. The fourth-order valence-corrected chi connectivity index (χ4v) is 7.79. The molecule has 9 aromatic carbocycles. The Hall–Kier alpha value is -6.64. The minimum absolute atomic E-state index is 0.869. The van der Waals surface area contributed by atoms with E-state index in [0.717, 1.165) is 44.6 Å². The molecule has 0 fully saturated rings. The number of nitrogens with zero attached hydrogens (tertiary/aromatic N) is 1. The van der Waals surface area contributed by atoms with Crippen molar-refractivity contribution in [3.8, 4) is 22.3 Å². The fraction of sp³-hybridized carbons (Fsp3) is 0. The summed E-state index contributed by atoms with van der Waals surface area (Å²) in [4.78, 5) is 2.38. The molecule has 0 saturated heterocycles. The third-order valence-electron chi connectivity index (χ3n) is 10.0. The maximum absolute atomic E-state index is 6.82. The number of fused-ring (bicyclic) bond motifs is 7. The molecule has 0 aliphatic rings. The van der Waals surface area contributed by atoms with E-state index in [1.807, 2.05) is 0 Å². The van der Waals surface area contributed by atoms with Gasteiger partial charge in [-0.3, -0.25) is 0 Å². The third kappa shape index (κ3) is 4.50. The van der Waals surface area contributed by atoms with Gasteiger partial charge in [0.25, 0.3) is 0 Å². The highest BCUT2D eigenvalue weighted by atomic mass is 16.3. The number of anilines is 3. The van der Waals surface area contributed by atoms with Gasteiger partial charge in [0, 0.05) is 21.8 Å². The van der Waals surface area contributed by atoms with Crippen molar-refractivity contribution in [2.24, 2.45) is 0 Å². The molecular formula is C48H31NO. The molecule has 0 atom stereocenters. The van der Waals surface area contributed by atoms with Gasteiger partial charge in [-0.1, -0.05) is 158 Å². The van der Waals surface area contributed by atoms with Gasteiger partial charge in [0.05, 0.1) is 11.4 Å². The highest BCUT2D eigenvalue weighted by molar-refractivity contribution is 6.21. The van der Waals surface area contributed by atoms with Crippen molar-refractivity contribution in [3.63, 3.8) is 0 Å². The Morgan fingerprint density at radius 1 is 0.360 bits per heavy atom. The van der Waals surface area contributed by atoms with E-state index in [-0.39, 0.29) is 0 Å². The minimum Gasteiger partial charge on any atom is -0.454 e. The van der Waals surface area contributed by atoms with Crippen LogP contribution in [0, 0.1) is 0 Å². The molecule has 2 heteroatoms. The van der Waals surface area contributed by atoms with Crippen molar-refractivity contribution in [1.29, 1.82) is 0 Å². The maximum Gasteiger partial charge on any atom is 0.159 e. The molecular weight excluding hydrogens is 607 g/mol. The number of hydrogen-bond donors (Lipinski definition) is 0. The van der Waals surface area contributed by atoms with Crippen LogP contribution in [0.1, 0.15) is 0 Å². The second-order valence-corrected chi connectivity index (χ2v) is 12.9. The summed E-state index contributed by atoms with van der Waals surface area (Å²) in [5.41, 5.74) is 9.72. The number of hydrogen-bond acceptors (Lipinski definition) is 2. The van der Waals surface area contributed by atoms with Crippen LogP contribution in [0.15, 0.2) is 192 Å². The molecule has 0 amide bonds. The van der Waals surface area contributed by atoms with Crippen molar-refractivity contribution in [2.75, 3.05) is 4.90 Å². The van der Waals surface area contributed by atoms with Crippen molar-refractivity contribution in [3.05, 3.63) is 188 Å². The van der Waals surface area contributed by atoms with Gasteiger partial charge in [-0.15, -0.1) is 0 Å². The maximum atomic E-state index is 6.82. The highest BCUT2D eigenvalue weighted by Gasteiger charge is 2.22. The van der Waals surface area contributed by atoms with E-state index in [1.165, 1.54) is 49.0 Å². The van der Waals surface area contributed by atoms with E-state index in [1.54, 1.807) is 0 Å². The lowest BCUT2D eigenvalue weighted by Crippen LogP contribution is -2.11. The topological polar surface area (TPSA) is 16.4 Å². The van der Waals surface area contributed by atoms with Crippen LogP contribution in [-0.4, -0.2) is 0 Å². The first-order chi connectivity index (χ1) is 24.8.